The molecule has 1 aromatic heterocycles. The molecular formula is C11H18N4O. The molecule has 0 bridgehead atoms. The third kappa shape index (κ3) is 4.84. The van der Waals surface area contributed by atoms with Crippen LogP contribution in [0.2, 0.25) is 0 Å². The van der Waals surface area contributed by atoms with E-state index in [1.807, 2.05) is 0 Å². The van der Waals surface area contributed by atoms with Crippen LogP contribution < -0.4 is 11.1 Å². The summed E-state index contributed by atoms with van der Waals surface area (Å²) in [6.45, 7) is 2.78. The highest BCUT2D eigenvalue weighted by atomic mass is 16.1. The summed E-state index contributed by atoms with van der Waals surface area (Å²) < 4.78 is 0. The Morgan fingerprint density at radius 3 is 2.75 bits per heavy atom. The van der Waals surface area contributed by atoms with E-state index in [0.29, 0.717) is 24.6 Å². The molecule has 1 heterocycles. The summed E-state index contributed by atoms with van der Waals surface area (Å²) in [5.74, 6) is 0.487. The van der Waals surface area contributed by atoms with Crippen molar-refractivity contribution in [2.24, 2.45) is 11.7 Å². The molecule has 0 spiro atoms. The van der Waals surface area contributed by atoms with Crippen LogP contribution in [0.5, 0.6) is 0 Å². The van der Waals surface area contributed by atoms with Gasteiger partial charge in [0, 0.05) is 6.42 Å². The van der Waals surface area contributed by atoms with Gasteiger partial charge in [0.2, 0.25) is 5.91 Å². The van der Waals surface area contributed by atoms with Gasteiger partial charge >= 0.3 is 0 Å². The Labute approximate surface area is 95.5 Å². The van der Waals surface area contributed by atoms with Crippen LogP contribution in [0, 0.1) is 5.92 Å². The lowest BCUT2D eigenvalue weighted by atomic mass is 10.0. The smallest absolute Gasteiger partial charge is 0.224 e. The zero-order chi connectivity index (χ0) is 11.8. The number of aromatic nitrogens is 2. The molecule has 88 valence electrons. The molecule has 0 aliphatic rings. The fourth-order valence-corrected chi connectivity index (χ4v) is 1.39. The maximum absolute atomic E-state index is 11.5. The molecule has 1 amide bonds. The van der Waals surface area contributed by atoms with E-state index in [-0.39, 0.29) is 5.91 Å². The molecular weight excluding hydrogens is 204 g/mol. The van der Waals surface area contributed by atoms with Crippen molar-refractivity contribution in [1.29, 1.82) is 0 Å². The van der Waals surface area contributed by atoms with Crippen molar-refractivity contribution in [3.8, 4) is 0 Å². The molecule has 5 heteroatoms. The maximum atomic E-state index is 11.5. The fourth-order valence-electron chi connectivity index (χ4n) is 1.39. The Balaban J connectivity index is 2.26. The lowest BCUT2D eigenvalue weighted by molar-refractivity contribution is -0.116. The summed E-state index contributed by atoms with van der Waals surface area (Å²) in [7, 11) is 0. The lowest BCUT2D eigenvalue weighted by Crippen LogP contribution is -2.14. The predicted octanol–water partition coefficient (Wildman–Crippen LogP) is 1.18. The van der Waals surface area contributed by atoms with Crippen LogP contribution in [-0.2, 0) is 4.79 Å². The Kier molecular flexibility index (Phi) is 5.42. The summed E-state index contributed by atoms with van der Waals surface area (Å²) in [5.41, 5.74) is 6.08. The van der Waals surface area contributed by atoms with Gasteiger partial charge in [0.1, 0.15) is 6.33 Å². The van der Waals surface area contributed by atoms with E-state index < -0.39 is 0 Å². The summed E-state index contributed by atoms with van der Waals surface area (Å²) in [4.78, 5) is 19.2. The number of carbonyl (C=O) groups is 1. The second-order valence-corrected chi connectivity index (χ2v) is 3.90. The van der Waals surface area contributed by atoms with Gasteiger partial charge in [-0.2, -0.15) is 0 Å². The molecule has 1 atom stereocenters. The zero-order valence-electron chi connectivity index (χ0n) is 9.52. The van der Waals surface area contributed by atoms with Crippen molar-refractivity contribution >= 4 is 11.6 Å². The van der Waals surface area contributed by atoms with E-state index in [1.165, 1.54) is 6.33 Å². The summed E-state index contributed by atoms with van der Waals surface area (Å²) >= 11 is 0. The Bertz CT molecular complexity index is 315. The van der Waals surface area contributed by atoms with Crippen LogP contribution in [0.15, 0.2) is 18.7 Å². The van der Waals surface area contributed by atoms with E-state index in [1.54, 1.807) is 12.4 Å². The molecule has 5 nitrogen and oxygen atoms in total. The van der Waals surface area contributed by atoms with Gasteiger partial charge in [0.25, 0.3) is 0 Å². The highest BCUT2D eigenvalue weighted by molar-refractivity contribution is 5.90. The van der Waals surface area contributed by atoms with E-state index >= 15 is 0 Å². The maximum Gasteiger partial charge on any atom is 0.224 e. The normalized spacial score (nSPS) is 12.1. The molecule has 0 radical (unpaired) electrons. The van der Waals surface area contributed by atoms with Crippen molar-refractivity contribution in [2.75, 3.05) is 11.9 Å². The SMILES string of the molecule is CC(CCN)CCC(=O)Nc1cncnc1. The van der Waals surface area contributed by atoms with E-state index in [2.05, 4.69) is 22.2 Å². The van der Waals surface area contributed by atoms with Gasteiger partial charge in [0.15, 0.2) is 0 Å². The van der Waals surface area contributed by atoms with Crippen LogP contribution in [0.25, 0.3) is 0 Å². The number of amides is 1. The first kappa shape index (κ1) is 12.6. The highest BCUT2D eigenvalue weighted by Crippen LogP contribution is 2.10. The van der Waals surface area contributed by atoms with Crippen LogP contribution in [0.1, 0.15) is 26.2 Å². The second-order valence-electron chi connectivity index (χ2n) is 3.90. The van der Waals surface area contributed by atoms with E-state index in [9.17, 15) is 4.79 Å². The summed E-state index contributed by atoms with van der Waals surface area (Å²) in [6, 6.07) is 0. The molecule has 0 fully saturated rings. The van der Waals surface area contributed by atoms with Crippen LogP contribution in [0.3, 0.4) is 0 Å². The number of nitrogens with zero attached hydrogens (tertiary/aromatic N) is 2. The predicted molar refractivity (Wildman–Crippen MR) is 62.7 cm³/mol. The molecule has 1 unspecified atom stereocenters. The number of hydrogen-bond donors (Lipinski definition) is 2. The van der Waals surface area contributed by atoms with Gasteiger partial charge < -0.3 is 11.1 Å². The van der Waals surface area contributed by atoms with Gasteiger partial charge in [-0.05, 0) is 25.3 Å². The molecule has 0 saturated carbocycles. The zero-order valence-corrected chi connectivity index (χ0v) is 9.52. The van der Waals surface area contributed by atoms with Crippen molar-refractivity contribution in [3.05, 3.63) is 18.7 Å². The van der Waals surface area contributed by atoms with Crippen molar-refractivity contribution < 1.29 is 4.79 Å². The van der Waals surface area contributed by atoms with Crippen LogP contribution in [0.4, 0.5) is 5.69 Å². The second kappa shape index (κ2) is 6.90. The van der Waals surface area contributed by atoms with Crippen molar-refractivity contribution in [2.45, 2.75) is 26.2 Å². The molecule has 0 aliphatic heterocycles. The standard InChI is InChI=1S/C11H18N4O/c1-9(4-5-12)2-3-11(16)15-10-6-13-8-14-7-10/h6-9H,2-5,12H2,1H3,(H,15,16). The van der Waals surface area contributed by atoms with Gasteiger partial charge in [-0.25, -0.2) is 9.97 Å². The molecule has 0 aromatic carbocycles. The molecule has 16 heavy (non-hydrogen) atoms. The van der Waals surface area contributed by atoms with Crippen molar-refractivity contribution in [1.82, 2.24) is 9.97 Å². The van der Waals surface area contributed by atoms with Crippen molar-refractivity contribution in [3.63, 3.8) is 0 Å². The summed E-state index contributed by atoms with van der Waals surface area (Å²) in [5, 5.41) is 2.74. The average molecular weight is 222 g/mol. The first-order valence-electron chi connectivity index (χ1n) is 5.47. The van der Waals surface area contributed by atoms with Crippen LogP contribution in [-0.4, -0.2) is 22.4 Å². The fraction of sp³-hybridized carbons (Fsp3) is 0.545. The molecule has 3 N–H and O–H groups in total. The molecule has 1 rings (SSSR count). The largest absolute Gasteiger partial charge is 0.330 e. The summed E-state index contributed by atoms with van der Waals surface area (Å²) in [6.07, 6.45) is 6.91. The molecule has 1 aromatic rings. The third-order valence-electron chi connectivity index (χ3n) is 2.37. The van der Waals surface area contributed by atoms with Gasteiger partial charge in [-0.1, -0.05) is 6.92 Å². The minimum atomic E-state index is -0.00123. The monoisotopic (exact) mass is 222 g/mol. The number of rotatable bonds is 6. The highest BCUT2D eigenvalue weighted by Gasteiger charge is 2.06. The quantitative estimate of drug-likeness (QED) is 0.757. The van der Waals surface area contributed by atoms with Gasteiger partial charge in [-0.3, -0.25) is 4.79 Å². The lowest BCUT2D eigenvalue weighted by Gasteiger charge is -2.09. The Hall–Kier alpha value is -1.49. The topological polar surface area (TPSA) is 80.9 Å². The first-order valence-corrected chi connectivity index (χ1v) is 5.47. The van der Waals surface area contributed by atoms with Crippen LogP contribution >= 0.6 is 0 Å². The van der Waals surface area contributed by atoms with E-state index in [4.69, 9.17) is 5.73 Å². The Morgan fingerprint density at radius 1 is 1.44 bits per heavy atom. The average Bonchev–Trinajstić information content (AvgIpc) is 2.28. The molecule has 0 aliphatic carbocycles. The van der Waals surface area contributed by atoms with Gasteiger partial charge in [-0.15, -0.1) is 0 Å². The number of nitrogens with one attached hydrogen (secondary N) is 1. The minimum absolute atomic E-state index is 0.00123. The molecule has 0 saturated heterocycles. The van der Waals surface area contributed by atoms with E-state index in [0.717, 1.165) is 12.8 Å². The number of carbonyl (C=O) groups excluding carboxylic acids is 1. The number of nitrogens with two attached hydrogens (primary N) is 1. The van der Waals surface area contributed by atoms with Gasteiger partial charge in [0.05, 0.1) is 18.1 Å². The third-order valence-corrected chi connectivity index (χ3v) is 2.37. The Morgan fingerprint density at radius 2 is 2.12 bits per heavy atom. The number of hydrogen-bond acceptors (Lipinski definition) is 4. The number of anilines is 1. The minimum Gasteiger partial charge on any atom is -0.330 e. The first-order chi connectivity index (χ1) is 7.72.